The highest BCUT2D eigenvalue weighted by molar-refractivity contribution is 9.10. The van der Waals surface area contributed by atoms with E-state index in [2.05, 4.69) is 33.4 Å². The average molecular weight is 496 g/mol. The van der Waals surface area contributed by atoms with Crippen molar-refractivity contribution < 1.29 is 19.4 Å². The zero-order valence-electron chi connectivity index (χ0n) is 17.7. The normalized spacial score (nSPS) is 10.5. The van der Waals surface area contributed by atoms with Gasteiger partial charge in [-0.25, -0.2) is 4.79 Å². The summed E-state index contributed by atoms with van der Waals surface area (Å²) in [6, 6.07) is 23.6. The maximum atomic E-state index is 12.1. The fourth-order valence-corrected chi connectivity index (χ4v) is 3.75. The molecule has 3 aromatic carbocycles. The van der Waals surface area contributed by atoms with Crippen LogP contribution in [-0.4, -0.2) is 23.6 Å². The first-order chi connectivity index (χ1) is 15.5. The second kappa shape index (κ2) is 12.1. The molecule has 5 nitrogen and oxygen atoms in total. The SMILES string of the molecule is O=C(O)COc1ccc(-c2ccc(CNC(=O)CCCCc3cccc(Br)c3)cc2)cc1. The Labute approximate surface area is 196 Å². The fourth-order valence-electron chi connectivity index (χ4n) is 3.30. The van der Waals surface area contributed by atoms with Crippen LogP contribution in [0.25, 0.3) is 11.1 Å². The molecule has 0 aliphatic heterocycles. The van der Waals surface area contributed by atoms with Crippen LogP contribution >= 0.6 is 15.9 Å². The van der Waals surface area contributed by atoms with Gasteiger partial charge in [-0.2, -0.15) is 0 Å². The highest BCUT2D eigenvalue weighted by Gasteiger charge is 2.04. The van der Waals surface area contributed by atoms with E-state index < -0.39 is 5.97 Å². The molecule has 2 N–H and O–H groups in total. The lowest BCUT2D eigenvalue weighted by Gasteiger charge is -2.08. The fraction of sp³-hybridized carbons (Fsp3) is 0.231. The molecule has 0 atom stereocenters. The second-order valence-corrected chi connectivity index (χ2v) is 8.43. The smallest absolute Gasteiger partial charge is 0.341 e. The highest BCUT2D eigenvalue weighted by atomic mass is 79.9. The molecule has 0 aliphatic carbocycles. The largest absolute Gasteiger partial charge is 0.482 e. The van der Waals surface area contributed by atoms with Crippen LogP contribution in [-0.2, 0) is 22.6 Å². The number of carbonyl (C=O) groups is 2. The third-order valence-electron chi connectivity index (χ3n) is 5.00. The molecule has 0 saturated carbocycles. The summed E-state index contributed by atoms with van der Waals surface area (Å²) >= 11 is 3.48. The van der Waals surface area contributed by atoms with Gasteiger partial charge in [-0.1, -0.05) is 64.5 Å². The number of aryl methyl sites for hydroxylation is 1. The molecular formula is C26H26BrNO4. The van der Waals surface area contributed by atoms with Gasteiger partial charge in [0, 0.05) is 17.4 Å². The molecule has 166 valence electrons. The Balaban J connectivity index is 1.39. The highest BCUT2D eigenvalue weighted by Crippen LogP contribution is 2.23. The predicted molar refractivity (Wildman–Crippen MR) is 129 cm³/mol. The van der Waals surface area contributed by atoms with Crippen molar-refractivity contribution in [2.24, 2.45) is 0 Å². The maximum Gasteiger partial charge on any atom is 0.341 e. The summed E-state index contributed by atoms with van der Waals surface area (Å²) in [5.41, 5.74) is 4.37. The molecule has 0 saturated heterocycles. The first-order valence-corrected chi connectivity index (χ1v) is 11.3. The Hall–Kier alpha value is -3.12. The van der Waals surface area contributed by atoms with Crippen molar-refractivity contribution in [1.29, 1.82) is 0 Å². The molecule has 0 spiro atoms. The Bertz CT molecular complexity index is 1030. The number of carboxylic acid groups (broad SMARTS) is 1. The lowest BCUT2D eigenvalue weighted by Crippen LogP contribution is -2.22. The zero-order valence-corrected chi connectivity index (χ0v) is 19.3. The maximum absolute atomic E-state index is 12.1. The number of hydrogen-bond donors (Lipinski definition) is 2. The number of carboxylic acids is 1. The number of aliphatic carboxylic acids is 1. The Morgan fingerprint density at radius 2 is 1.56 bits per heavy atom. The van der Waals surface area contributed by atoms with Gasteiger partial charge < -0.3 is 15.2 Å². The number of unbranched alkanes of at least 4 members (excludes halogenated alkanes) is 1. The van der Waals surface area contributed by atoms with Crippen molar-refractivity contribution >= 4 is 27.8 Å². The number of rotatable bonds is 11. The van der Waals surface area contributed by atoms with E-state index in [1.807, 2.05) is 48.5 Å². The van der Waals surface area contributed by atoms with Gasteiger partial charge in [0.1, 0.15) is 5.75 Å². The van der Waals surface area contributed by atoms with E-state index in [1.165, 1.54) is 5.56 Å². The summed E-state index contributed by atoms with van der Waals surface area (Å²) in [6.45, 7) is 0.150. The summed E-state index contributed by atoms with van der Waals surface area (Å²) in [4.78, 5) is 22.7. The standard InChI is InChI=1S/C26H26BrNO4/c27-23-6-3-5-19(16-23)4-1-2-7-25(29)28-17-20-8-10-21(11-9-20)22-12-14-24(15-13-22)32-18-26(30)31/h3,5-6,8-16H,1-2,4,7,17-18H2,(H,28,29)(H,30,31). The summed E-state index contributed by atoms with van der Waals surface area (Å²) in [6.07, 6.45) is 3.35. The number of ether oxygens (including phenoxy) is 1. The van der Waals surface area contributed by atoms with Crippen LogP contribution in [0.3, 0.4) is 0 Å². The van der Waals surface area contributed by atoms with Crippen molar-refractivity contribution in [3.63, 3.8) is 0 Å². The molecule has 0 aromatic heterocycles. The van der Waals surface area contributed by atoms with Gasteiger partial charge >= 0.3 is 5.97 Å². The zero-order chi connectivity index (χ0) is 22.8. The summed E-state index contributed by atoms with van der Waals surface area (Å²) in [5.74, 6) is -0.412. The molecule has 0 radical (unpaired) electrons. The molecule has 0 bridgehead atoms. The molecule has 0 heterocycles. The average Bonchev–Trinajstić information content (AvgIpc) is 2.80. The van der Waals surface area contributed by atoms with Gasteiger partial charge in [0.15, 0.2) is 6.61 Å². The number of carbonyl (C=O) groups excluding carboxylic acids is 1. The minimum Gasteiger partial charge on any atom is -0.482 e. The van der Waals surface area contributed by atoms with Crippen molar-refractivity contribution in [3.05, 3.63) is 88.4 Å². The first kappa shape index (κ1) is 23.5. The summed E-state index contributed by atoms with van der Waals surface area (Å²) < 4.78 is 6.24. The Morgan fingerprint density at radius 3 is 2.22 bits per heavy atom. The van der Waals surface area contributed by atoms with E-state index in [-0.39, 0.29) is 12.5 Å². The molecule has 1 amide bonds. The Morgan fingerprint density at radius 1 is 0.875 bits per heavy atom. The van der Waals surface area contributed by atoms with Crippen LogP contribution in [0.1, 0.15) is 30.4 Å². The number of hydrogen-bond acceptors (Lipinski definition) is 3. The number of nitrogens with one attached hydrogen (secondary N) is 1. The van der Waals surface area contributed by atoms with Crippen LogP contribution in [0.4, 0.5) is 0 Å². The van der Waals surface area contributed by atoms with E-state index in [0.29, 0.717) is 18.7 Å². The molecule has 3 aromatic rings. The molecular weight excluding hydrogens is 470 g/mol. The molecule has 32 heavy (non-hydrogen) atoms. The van der Waals surface area contributed by atoms with Crippen molar-refractivity contribution in [1.82, 2.24) is 5.32 Å². The Kier molecular flexibility index (Phi) is 8.87. The van der Waals surface area contributed by atoms with Gasteiger partial charge in [0.2, 0.25) is 5.91 Å². The monoisotopic (exact) mass is 495 g/mol. The molecule has 3 rings (SSSR count). The molecule has 0 unspecified atom stereocenters. The third kappa shape index (κ3) is 7.85. The van der Waals surface area contributed by atoms with Crippen LogP contribution in [0, 0.1) is 0 Å². The van der Waals surface area contributed by atoms with E-state index in [0.717, 1.165) is 40.4 Å². The number of benzene rings is 3. The van der Waals surface area contributed by atoms with Crippen LogP contribution in [0.15, 0.2) is 77.3 Å². The van der Waals surface area contributed by atoms with Crippen molar-refractivity contribution in [2.75, 3.05) is 6.61 Å². The summed E-state index contributed by atoms with van der Waals surface area (Å²) in [5, 5.41) is 11.6. The van der Waals surface area contributed by atoms with Gasteiger partial charge in [-0.15, -0.1) is 0 Å². The molecule has 0 fully saturated rings. The van der Waals surface area contributed by atoms with Gasteiger partial charge in [0.25, 0.3) is 0 Å². The van der Waals surface area contributed by atoms with Crippen molar-refractivity contribution in [2.45, 2.75) is 32.2 Å². The van der Waals surface area contributed by atoms with E-state index >= 15 is 0 Å². The topological polar surface area (TPSA) is 75.6 Å². The minimum atomic E-state index is -1.00. The van der Waals surface area contributed by atoms with Crippen LogP contribution in [0.2, 0.25) is 0 Å². The van der Waals surface area contributed by atoms with Gasteiger partial charge in [0.05, 0.1) is 0 Å². The van der Waals surface area contributed by atoms with Crippen molar-refractivity contribution in [3.8, 4) is 16.9 Å². The minimum absolute atomic E-state index is 0.0697. The summed E-state index contributed by atoms with van der Waals surface area (Å²) in [7, 11) is 0. The number of amides is 1. The third-order valence-corrected chi connectivity index (χ3v) is 5.50. The van der Waals surface area contributed by atoms with E-state index in [1.54, 1.807) is 12.1 Å². The second-order valence-electron chi connectivity index (χ2n) is 7.52. The number of halogens is 1. The predicted octanol–water partition coefficient (Wildman–Crippen LogP) is 5.61. The molecule has 0 aliphatic rings. The first-order valence-electron chi connectivity index (χ1n) is 10.5. The van der Waals surface area contributed by atoms with Crippen LogP contribution in [0.5, 0.6) is 5.75 Å². The van der Waals surface area contributed by atoms with E-state index in [9.17, 15) is 9.59 Å². The van der Waals surface area contributed by atoms with Gasteiger partial charge in [-0.3, -0.25) is 4.79 Å². The lowest BCUT2D eigenvalue weighted by molar-refractivity contribution is -0.139. The quantitative estimate of drug-likeness (QED) is 0.339. The molecule has 6 heteroatoms. The van der Waals surface area contributed by atoms with Gasteiger partial charge in [-0.05, 0) is 65.8 Å². The van der Waals surface area contributed by atoms with E-state index in [4.69, 9.17) is 9.84 Å². The van der Waals surface area contributed by atoms with Crippen LogP contribution < -0.4 is 10.1 Å². The lowest BCUT2D eigenvalue weighted by atomic mass is 10.0.